The van der Waals surface area contributed by atoms with Crippen molar-refractivity contribution in [2.45, 2.75) is 58.3 Å². The lowest BCUT2D eigenvalue weighted by atomic mass is 10.00. The highest BCUT2D eigenvalue weighted by Gasteiger charge is 2.29. The highest BCUT2D eigenvalue weighted by molar-refractivity contribution is 5.68. The molecule has 6 nitrogen and oxygen atoms in total. The van der Waals surface area contributed by atoms with Crippen LogP contribution in [0.3, 0.4) is 0 Å². The van der Waals surface area contributed by atoms with Gasteiger partial charge in [0.1, 0.15) is 17.5 Å². The van der Waals surface area contributed by atoms with Crippen molar-refractivity contribution in [1.82, 2.24) is 9.88 Å². The monoisotopic (exact) mass is 398 g/mol. The van der Waals surface area contributed by atoms with Crippen molar-refractivity contribution in [2.75, 3.05) is 13.1 Å². The Bertz CT molecular complexity index is 833. The molecule has 6 heteroatoms. The second-order valence-electron chi connectivity index (χ2n) is 8.58. The zero-order chi connectivity index (χ0) is 21.0. The van der Waals surface area contributed by atoms with E-state index in [1.807, 2.05) is 32.9 Å². The topological polar surface area (TPSA) is 71.9 Å². The number of aliphatic hydroxyl groups excluding tert-OH is 1. The van der Waals surface area contributed by atoms with E-state index in [-0.39, 0.29) is 12.6 Å². The third kappa shape index (κ3) is 5.94. The zero-order valence-corrected chi connectivity index (χ0v) is 17.6. The van der Waals surface area contributed by atoms with E-state index in [0.717, 1.165) is 18.6 Å². The number of fused-ring (bicyclic) bond motifs is 1. The summed E-state index contributed by atoms with van der Waals surface area (Å²) >= 11 is 0. The maximum atomic E-state index is 12.8. The fourth-order valence-electron chi connectivity index (χ4n) is 3.39. The van der Waals surface area contributed by atoms with Gasteiger partial charge in [0.05, 0.1) is 19.2 Å². The van der Waals surface area contributed by atoms with Gasteiger partial charge in [0.2, 0.25) is 0 Å². The van der Waals surface area contributed by atoms with Crippen LogP contribution in [0.2, 0.25) is 0 Å². The smallest absolute Gasteiger partial charge is 0.410 e. The molecule has 2 atom stereocenters. The molecule has 0 aliphatic carbocycles. The second-order valence-corrected chi connectivity index (χ2v) is 8.58. The van der Waals surface area contributed by atoms with Crippen LogP contribution in [-0.4, -0.2) is 45.9 Å². The van der Waals surface area contributed by atoms with Crippen molar-refractivity contribution in [3.8, 4) is 5.75 Å². The van der Waals surface area contributed by atoms with Crippen molar-refractivity contribution in [2.24, 2.45) is 0 Å². The number of aryl methyl sites for hydroxylation is 2. The Morgan fingerprint density at radius 3 is 2.86 bits per heavy atom. The van der Waals surface area contributed by atoms with E-state index in [9.17, 15) is 9.90 Å². The molecular weight excluding hydrogens is 368 g/mol. The minimum atomic E-state index is -0.852. The van der Waals surface area contributed by atoms with Gasteiger partial charge in [0.15, 0.2) is 0 Å². The normalized spacial score (nSPS) is 17.1. The molecule has 1 amide bonds. The number of hydrogen-bond donors (Lipinski definition) is 1. The van der Waals surface area contributed by atoms with Crippen LogP contribution in [0, 0.1) is 6.92 Å². The molecule has 1 aliphatic heterocycles. The van der Waals surface area contributed by atoms with E-state index in [1.165, 1.54) is 16.0 Å². The van der Waals surface area contributed by atoms with Crippen molar-refractivity contribution >= 4 is 6.09 Å². The average molecular weight is 399 g/mol. The zero-order valence-electron chi connectivity index (χ0n) is 17.6. The van der Waals surface area contributed by atoms with Crippen molar-refractivity contribution < 1.29 is 19.4 Å². The molecule has 1 aromatic heterocycles. The Morgan fingerprint density at radius 2 is 2.17 bits per heavy atom. The maximum Gasteiger partial charge on any atom is 0.410 e. The predicted octanol–water partition coefficient (Wildman–Crippen LogP) is 4.05. The first-order valence-corrected chi connectivity index (χ1v) is 10.0. The van der Waals surface area contributed by atoms with Gasteiger partial charge in [-0.05, 0) is 58.2 Å². The molecule has 0 saturated heterocycles. The lowest BCUT2D eigenvalue weighted by molar-refractivity contribution is 0.00365. The van der Waals surface area contributed by atoms with Gasteiger partial charge in [0, 0.05) is 18.0 Å². The van der Waals surface area contributed by atoms with Crippen LogP contribution in [0.1, 0.15) is 50.0 Å². The van der Waals surface area contributed by atoms with Gasteiger partial charge < -0.3 is 19.5 Å². The fraction of sp³-hybridized carbons (Fsp3) is 0.478. The van der Waals surface area contributed by atoms with Gasteiger partial charge in [-0.3, -0.25) is 4.98 Å². The lowest BCUT2D eigenvalue weighted by Crippen LogP contribution is -2.45. The number of ether oxygens (including phenoxy) is 2. The number of pyridine rings is 1. The van der Waals surface area contributed by atoms with Gasteiger partial charge in [-0.1, -0.05) is 23.8 Å². The summed E-state index contributed by atoms with van der Waals surface area (Å²) in [6.07, 6.45) is 3.49. The molecule has 3 rings (SSSR count). The van der Waals surface area contributed by atoms with E-state index in [2.05, 4.69) is 18.0 Å². The molecule has 1 aliphatic rings. The number of aliphatic hydroxyl groups is 1. The standard InChI is InChI=1S/C23H30N2O4/c1-16-7-10-21-17(12-16)8-9-19(28-21)14-25(22(27)29-23(2,3)4)15-20(26)18-6-5-11-24-13-18/h5-7,10-13,19-20,26H,8-9,14-15H2,1-4H3. The summed E-state index contributed by atoms with van der Waals surface area (Å²) in [6, 6.07) is 9.71. The maximum absolute atomic E-state index is 12.8. The molecule has 1 aromatic carbocycles. The first kappa shape index (κ1) is 21.1. The van der Waals surface area contributed by atoms with Crippen LogP contribution in [-0.2, 0) is 11.2 Å². The average Bonchev–Trinajstić information content (AvgIpc) is 2.67. The summed E-state index contributed by atoms with van der Waals surface area (Å²) in [6.45, 7) is 8.01. The number of aromatic nitrogens is 1. The summed E-state index contributed by atoms with van der Waals surface area (Å²) in [5, 5.41) is 10.6. The molecule has 2 unspecified atom stereocenters. The largest absolute Gasteiger partial charge is 0.488 e. The molecule has 29 heavy (non-hydrogen) atoms. The molecule has 0 bridgehead atoms. The van der Waals surface area contributed by atoms with Crippen LogP contribution in [0.5, 0.6) is 5.75 Å². The molecule has 2 heterocycles. The third-order valence-electron chi connectivity index (χ3n) is 4.78. The fourth-order valence-corrected chi connectivity index (χ4v) is 3.39. The number of carbonyl (C=O) groups is 1. The van der Waals surface area contributed by atoms with Crippen LogP contribution >= 0.6 is 0 Å². The number of carbonyl (C=O) groups excluding carboxylic acids is 1. The Kier molecular flexibility index (Phi) is 6.42. The van der Waals surface area contributed by atoms with E-state index >= 15 is 0 Å². The Balaban J connectivity index is 1.72. The number of amides is 1. The Morgan fingerprint density at radius 1 is 1.38 bits per heavy atom. The number of benzene rings is 1. The minimum Gasteiger partial charge on any atom is -0.488 e. The molecule has 0 radical (unpaired) electrons. The first-order chi connectivity index (χ1) is 13.7. The van der Waals surface area contributed by atoms with Crippen LogP contribution in [0.25, 0.3) is 0 Å². The summed E-state index contributed by atoms with van der Waals surface area (Å²) in [7, 11) is 0. The van der Waals surface area contributed by atoms with Crippen molar-refractivity contribution in [3.63, 3.8) is 0 Å². The second kappa shape index (κ2) is 8.82. The van der Waals surface area contributed by atoms with Gasteiger partial charge in [-0.15, -0.1) is 0 Å². The van der Waals surface area contributed by atoms with Crippen LogP contribution in [0.15, 0.2) is 42.7 Å². The van der Waals surface area contributed by atoms with Gasteiger partial charge in [0.25, 0.3) is 0 Å². The molecule has 0 saturated carbocycles. The first-order valence-electron chi connectivity index (χ1n) is 10.0. The number of rotatable bonds is 5. The highest BCUT2D eigenvalue weighted by atomic mass is 16.6. The number of hydrogen-bond acceptors (Lipinski definition) is 5. The molecule has 0 fully saturated rings. The van der Waals surface area contributed by atoms with Gasteiger partial charge >= 0.3 is 6.09 Å². The van der Waals surface area contributed by atoms with E-state index in [1.54, 1.807) is 24.5 Å². The molecule has 0 spiro atoms. The molecule has 156 valence electrons. The summed E-state index contributed by atoms with van der Waals surface area (Å²) in [4.78, 5) is 18.4. The summed E-state index contributed by atoms with van der Waals surface area (Å²) < 4.78 is 11.7. The van der Waals surface area contributed by atoms with Crippen LogP contribution < -0.4 is 4.74 Å². The third-order valence-corrected chi connectivity index (χ3v) is 4.78. The summed E-state index contributed by atoms with van der Waals surface area (Å²) in [5.74, 6) is 0.865. The van der Waals surface area contributed by atoms with Crippen LogP contribution in [0.4, 0.5) is 4.79 Å². The van der Waals surface area contributed by atoms with E-state index < -0.39 is 17.8 Å². The number of nitrogens with zero attached hydrogens (tertiary/aromatic N) is 2. The molecule has 2 aromatic rings. The van der Waals surface area contributed by atoms with Gasteiger partial charge in [-0.2, -0.15) is 0 Å². The lowest BCUT2D eigenvalue weighted by Gasteiger charge is -2.33. The van der Waals surface area contributed by atoms with E-state index in [4.69, 9.17) is 9.47 Å². The Hall–Kier alpha value is -2.60. The van der Waals surface area contributed by atoms with Crippen molar-refractivity contribution in [1.29, 1.82) is 0 Å². The van der Waals surface area contributed by atoms with E-state index in [0.29, 0.717) is 12.1 Å². The SMILES string of the molecule is Cc1ccc2c(c1)CCC(CN(CC(O)c1cccnc1)C(=O)OC(C)(C)C)O2. The minimum absolute atomic E-state index is 0.112. The van der Waals surface area contributed by atoms with Crippen molar-refractivity contribution in [3.05, 3.63) is 59.4 Å². The molecular formula is C23H30N2O4. The highest BCUT2D eigenvalue weighted by Crippen LogP contribution is 2.29. The molecule has 1 N–H and O–H groups in total. The van der Waals surface area contributed by atoms with Gasteiger partial charge in [-0.25, -0.2) is 4.79 Å². The predicted molar refractivity (Wildman–Crippen MR) is 111 cm³/mol. The Labute approximate surface area is 172 Å². The quantitative estimate of drug-likeness (QED) is 0.822. The summed E-state index contributed by atoms with van der Waals surface area (Å²) in [5.41, 5.74) is 2.44.